The summed E-state index contributed by atoms with van der Waals surface area (Å²) in [6, 6.07) is 8.94. The Bertz CT molecular complexity index is 345. The van der Waals surface area contributed by atoms with Crippen LogP contribution in [0.25, 0.3) is 0 Å². The molecule has 0 heterocycles. The lowest BCUT2D eigenvalue weighted by Gasteiger charge is -2.26. The molecule has 1 nitrogen and oxygen atoms in total. The van der Waals surface area contributed by atoms with Crippen LogP contribution in [0, 0.1) is 18.8 Å². The van der Waals surface area contributed by atoms with Crippen LogP contribution >= 0.6 is 0 Å². The monoisotopic (exact) mass is 247 g/mol. The SMILES string of the molecule is Cc1ccc(CC(C)C(C)CNC(C)(C)C)cc1. The molecule has 0 fully saturated rings. The first-order valence-electron chi connectivity index (χ1n) is 7.08. The molecule has 0 bridgehead atoms. The average Bonchev–Trinajstić information content (AvgIpc) is 2.28. The number of hydrogen-bond donors (Lipinski definition) is 1. The predicted molar refractivity (Wildman–Crippen MR) is 81.0 cm³/mol. The third-order valence-corrected chi connectivity index (χ3v) is 3.60. The molecule has 0 spiro atoms. The van der Waals surface area contributed by atoms with Crippen LogP contribution in [0.2, 0.25) is 0 Å². The van der Waals surface area contributed by atoms with E-state index in [4.69, 9.17) is 0 Å². The molecule has 1 aromatic carbocycles. The van der Waals surface area contributed by atoms with E-state index in [2.05, 4.69) is 71.1 Å². The van der Waals surface area contributed by atoms with E-state index in [0.717, 1.165) is 6.54 Å². The van der Waals surface area contributed by atoms with Crippen molar-refractivity contribution in [3.63, 3.8) is 0 Å². The van der Waals surface area contributed by atoms with E-state index in [1.54, 1.807) is 0 Å². The Morgan fingerprint density at radius 3 is 2.06 bits per heavy atom. The minimum absolute atomic E-state index is 0.220. The van der Waals surface area contributed by atoms with Crippen LogP contribution in [-0.2, 0) is 6.42 Å². The molecule has 0 saturated heterocycles. The van der Waals surface area contributed by atoms with Crippen LogP contribution in [-0.4, -0.2) is 12.1 Å². The van der Waals surface area contributed by atoms with Gasteiger partial charge in [0.25, 0.3) is 0 Å². The lowest BCUT2D eigenvalue weighted by Crippen LogP contribution is -2.40. The molecule has 18 heavy (non-hydrogen) atoms. The summed E-state index contributed by atoms with van der Waals surface area (Å²) >= 11 is 0. The van der Waals surface area contributed by atoms with Crippen LogP contribution in [0.3, 0.4) is 0 Å². The Hall–Kier alpha value is -0.820. The Morgan fingerprint density at radius 1 is 1.00 bits per heavy atom. The summed E-state index contributed by atoms with van der Waals surface area (Å²) in [6.45, 7) is 14.6. The number of rotatable bonds is 5. The van der Waals surface area contributed by atoms with Crippen LogP contribution in [0.1, 0.15) is 45.7 Å². The maximum absolute atomic E-state index is 3.60. The Morgan fingerprint density at radius 2 is 1.56 bits per heavy atom. The Labute approximate surface area is 113 Å². The molecule has 2 atom stereocenters. The highest BCUT2D eigenvalue weighted by atomic mass is 14.9. The van der Waals surface area contributed by atoms with E-state index in [1.807, 2.05) is 0 Å². The second kappa shape index (κ2) is 6.38. The predicted octanol–water partition coefficient (Wildman–Crippen LogP) is 4.20. The fourth-order valence-electron chi connectivity index (χ4n) is 1.97. The number of aryl methyl sites for hydroxylation is 1. The largest absolute Gasteiger partial charge is 0.312 e. The molecule has 0 aliphatic carbocycles. The number of hydrogen-bond acceptors (Lipinski definition) is 1. The lowest BCUT2D eigenvalue weighted by molar-refractivity contribution is 0.317. The van der Waals surface area contributed by atoms with E-state index in [9.17, 15) is 0 Å². The van der Waals surface area contributed by atoms with Crippen molar-refractivity contribution >= 4 is 0 Å². The van der Waals surface area contributed by atoms with Gasteiger partial charge >= 0.3 is 0 Å². The Balaban J connectivity index is 2.44. The zero-order valence-corrected chi connectivity index (χ0v) is 12.9. The molecule has 0 aliphatic rings. The molecule has 0 aromatic heterocycles. The topological polar surface area (TPSA) is 12.0 Å². The van der Waals surface area contributed by atoms with Crippen molar-refractivity contribution in [3.8, 4) is 0 Å². The van der Waals surface area contributed by atoms with Gasteiger partial charge in [-0.05, 0) is 58.1 Å². The van der Waals surface area contributed by atoms with Gasteiger partial charge in [0.15, 0.2) is 0 Å². The molecule has 102 valence electrons. The second-order valence-electron chi connectivity index (χ2n) is 6.78. The highest BCUT2D eigenvalue weighted by Gasteiger charge is 2.16. The highest BCUT2D eigenvalue weighted by molar-refractivity contribution is 5.21. The van der Waals surface area contributed by atoms with Gasteiger partial charge in [-0.25, -0.2) is 0 Å². The number of nitrogens with one attached hydrogen (secondary N) is 1. The van der Waals surface area contributed by atoms with Gasteiger partial charge in [-0.3, -0.25) is 0 Å². The summed E-state index contributed by atoms with van der Waals surface area (Å²) in [7, 11) is 0. The van der Waals surface area contributed by atoms with Crippen molar-refractivity contribution in [3.05, 3.63) is 35.4 Å². The first kappa shape index (κ1) is 15.2. The summed E-state index contributed by atoms with van der Waals surface area (Å²) in [4.78, 5) is 0. The molecule has 0 aliphatic heterocycles. The Kier molecular flexibility index (Phi) is 5.40. The van der Waals surface area contributed by atoms with Gasteiger partial charge in [0.2, 0.25) is 0 Å². The van der Waals surface area contributed by atoms with Crippen molar-refractivity contribution in [2.75, 3.05) is 6.54 Å². The van der Waals surface area contributed by atoms with Crippen molar-refractivity contribution in [1.29, 1.82) is 0 Å². The highest BCUT2D eigenvalue weighted by Crippen LogP contribution is 2.17. The standard InChI is InChI=1S/C17H29N/c1-13-7-9-16(10-8-13)11-14(2)15(3)12-18-17(4,5)6/h7-10,14-15,18H,11-12H2,1-6H3. The van der Waals surface area contributed by atoms with Gasteiger partial charge < -0.3 is 5.32 Å². The quantitative estimate of drug-likeness (QED) is 0.822. The summed E-state index contributed by atoms with van der Waals surface area (Å²) in [5.74, 6) is 1.41. The maximum atomic E-state index is 3.60. The zero-order valence-electron chi connectivity index (χ0n) is 12.9. The fourth-order valence-corrected chi connectivity index (χ4v) is 1.97. The van der Waals surface area contributed by atoms with Gasteiger partial charge in [-0.2, -0.15) is 0 Å². The van der Waals surface area contributed by atoms with Crippen molar-refractivity contribution in [2.24, 2.45) is 11.8 Å². The molecular formula is C17H29N. The number of benzene rings is 1. The maximum Gasteiger partial charge on any atom is 0.00966 e. The van der Waals surface area contributed by atoms with Crippen LogP contribution in [0.5, 0.6) is 0 Å². The zero-order chi connectivity index (χ0) is 13.8. The lowest BCUT2D eigenvalue weighted by atomic mass is 9.89. The summed E-state index contributed by atoms with van der Waals surface area (Å²) in [5.41, 5.74) is 3.02. The molecule has 2 unspecified atom stereocenters. The summed E-state index contributed by atoms with van der Waals surface area (Å²) in [5, 5.41) is 3.60. The van der Waals surface area contributed by atoms with Gasteiger partial charge in [-0.15, -0.1) is 0 Å². The van der Waals surface area contributed by atoms with Crippen LogP contribution in [0.4, 0.5) is 0 Å². The minimum Gasteiger partial charge on any atom is -0.312 e. The third kappa shape index (κ3) is 5.68. The first-order chi connectivity index (χ1) is 8.28. The van der Waals surface area contributed by atoms with Gasteiger partial charge in [-0.1, -0.05) is 43.7 Å². The minimum atomic E-state index is 0.220. The third-order valence-electron chi connectivity index (χ3n) is 3.60. The van der Waals surface area contributed by atoms with Gasteiger partial charge in [0.1, 0.15) is 0 Å². The van der Waals surface area contributed by atoms with Gasteiger partial charge in [0.05, 0.1) is 0 Å². The second-order valence-corrected chi connectivity index (χ2v) is 6.78. The van der Waals surface area contributed by atoms with Crippen molar-refractivity contribution in [2.45, 2.75) is 53.5 Å². The molecule has 1 aromatic rings. The normalized spacial score (nSPS) is 15.4. The molecule has 0 amide bonds. The molecule has 0 saturated carbocycles. The van der Waals surface area contributed by atoms with Crippen LogP contribution in [0.15, 0.2) is 24.3 Å². The molecule has 0 radical (unpaired) electrons. The fraction of sp³-hybridized carbons (Fsp3) is 0.647. The summed E-state index contributed by atoms with van der Waals surface area (Å²) in [6.07, 6.45) is 1.17. The van der Waals surface area contributed by atoms with E-state index in [0.29, 0.717) is 11.8 Å². The smallest absolute Gasteiger partial charge is 0.00966 e. The first-order valence-corrected chi connectivity index (χ1v) is 7.08. The van der Waals surface area contributed by atoms with E-state index in [1.165, 1.54) is 17.5 Å². The van der Waals surface area contributed by atoms with Crippen LogP contribution < -0.4 is 5.32 Å². The van der Waals surface area contributed by atoms with E-state index >= 15 is 0 Å². The average molecular weight is 247 g/mol. The molecule has 1 N–H and O–H groups in total. The molecule has 1 heteroatoms. The molecular weight excluding hydrogens is 218 g/mol. The van der Waals surface area contributed by atoms with Crippen molar-refractivity contribution in [1.82, 2.24) is 5.32 Å². The van der Waals surface area contributed by atoms with Crippen molar-refractivity contribution < 1.29 is 0 Å². The van der Waals surface area contributed by atoms with E-state index in [-0.39, 0.29) is 5.54 Å². The summed E-state index contributed by atoms with van der Waals surface area (Å²) < 4.78 is 0. The van der Waals surface area contributed by atoms with E-state index < -0.39 is 0 Å². The molecule has 1 rings (SSSR count). The van der Waals surface area contributed by atoms with Gasteiger partial charge in [0, 0.05) is 5.54 Å².